The van der Waals surface area contributed by atoms with E-state index in [-0.39, 0.29) is 6.03 Å². The van der Waals surface area contributed by atoms with Gasteiger partial charge in [-0.25, -0.2) is 9.59 Å². The van der Waals surface area contributed by atoms with Gasteiger partial charge in [-0.3, -0.25) is 4.90 Å². The van der Waals surface area contributed by atoms with Crippen molar-refractivity contribution in [1.29, 1.82) is 0 Å². The highest BCUT2D eigenvalue weighted by molar-refractivity contribution is 5.92. The van der Waals surface area contributed by atoms with Gasteiger partial charge >= 0.3 is 12.0 Å². The molecule has 1 aliphatic heterocycles. The normalized spacial score (nSPS) is 14.7. The lowest BCUT2D eigenvalue weighted by molar-refractivity contribution is 0.0600. The molecule has 0 bridgehead atoms. The largest absolute Gasteiger partial charge is 0.465 e. The molecule has 142 valence electrons. The smallest absolute Gasteiger partial charge is 0.337 e. The molecule has 0 radical (unpaired) electrons. The van der Waals surface area contributed by atoms with Gasteiger partial charge in [0.15, 0.2) is 0 Å². The Morgan fingerprint density at radius 1 is 0.963 bits per heavy atom. The van der Waals surface area contributed by atoms with Crippen molar-refractivity contribution in [3.8, 4) is 0 Å². The minimum absolute atomic E-state index is 0.115. The molecule has 1 aliphatic rings. The van der Waals surface area contributed by atoms with Crippen molar-refractivity contribution < 1.29 is 14.3 Å². The molecule has 1 saturated heterocycles. The molecule has 1 N–H and O–H groups in total. The molecule has 0 unspecified atom stereocenters. The predicted molar refractivity (Wildman–Crippen MR) is 105 cm³/mol. The summed E-state index contributed by atoms with van der Waals surface area (Å²) in [5.74, 6) is -0.391. The number of piperazine rings is 1. The van der Waals surface area contributed by atoms with Gasteiger partial charge in [0.25, 0.3) is 0 Å². The zero-order chi connectivity index (χ0) is 19.2. The number of esters is 1. The molecule has 2 aromatic rings. The molecule has 27 heavy (non-hydrogen) atoms. The molecule has 2 aromatic carbocycles. The lowest BCUT2D eigenvalue weighted by Gasteiger charge is -2.34. The van der Waals surface area contributed by atoms with Crippen molar-refractivity contribution in [2.75, 3.05) is 38.6 Å². The molecule has 1 fully saturated rings. The molecule has 0 aliphatic carbocycles. The van der Waals surface area contributed by atoms with Crippen LogP contribution in [-0.2, 0) is 11.3 Å². The molecule has 2 amide bonds. The van der Waals surface area contributed by atoms with E-state index in [1.807, 2.05) is 4.90 Å². The van der Waals surface area contributed by atoms with Crippen LogP contribution in [0.3, 0.4) is 0 Å². The first-order chi connectivity index (χ1) is 13.0. The number of carbonyl (C=O) groups excluding carboxylic acids is 2. The average molecular weight is 367 g/mol. The Morgan fingerprint density at radius 3 is 2.19 bits per heavy atom. The summed E-state index contributed by atoms with van der Waals surface area (Å²) in [5.41, 5.74) is 3.68. The van der Waals surface area contributed by atoms with Crippen LogP contribution in [-0.4, -0.2) is 55.1 Å². The highest BCUT2D eigenvalue weighted by Crippen LogP contribution is 2.13. The standard InChI is InChI=1S/C21H25N3O3/c1-16-3-5-17(6-4-16)15-23-11-13-24(14-12-23)21(26)22-19-9-7-18(8-10-19)20(25)27-2/h3-10H,11-15H2,1-2H3,(H,22,26). The fourth-order valence-corrected chi connectivity index (χ4v) is 3.07. The van der Waals surface area contributed by atoms with E-state index in [0.29, 0.717) is 24.3 Å². The zero-order valence-electron chi connectivity index (χ0n) is 15.8. The summed E-state index contributed by atoms with van der Waals surface area (Å²) in [4.78, 5) is 28.1. The third kappa shape index (κ3) is 5.08. The highest BCUT2D eigenvalue weighted by Gasteiger charge is 2.21. The second-order valence-electron chi connectivity index (χ2n) is 6.75. The molecule has 6 nitrogen and oxygen atoms in total. The Morgan fingerprint density at radius 2 is 1.59 bits per heavy atom. The van der Waals surface area contributed by atoms with Crippen molar-refractivity contribution in [2.45, 2.75) is 13.5 Å². The van der Waals surface area contributed by atoms with Crippen molar-refractivity contribution in [1.82, 2.24) is 9.80 Å². The molecule has 0 saturated carbocycles. The summed E-state index contributed by atoms with van der Waals surface area (Å²) >= 11 is 0. The molecule has 0 aromatic heterocycles. The Hall–Kier alpha value is -2.86. The zero-order valence-corrected chi connectivity index (χ0v) is 15.8. The van der Waals surface area contributed by atoms with E-state index >= 15 is 0 Å². The number of aryl methyl sites for hydroxylation is 1. The third-order valence-corrected chi connectivity index (χ3v) is 4.74. The van der Waals surface area contributed by atoms with Crippen LogP contribution < -0.4 is 5.32 Å². The van der Waals surface area contributed by atoms with Crippen LogP contribution in [0, 0.1) is 6.92 Å². The quantitative estimate of drug-likeness (QED) is 0.844. The second-order valence-corrected chi connectivity index (χ2v) is 6.75. The van der Waals surface area contributed by atoms with Gasteiger partial charge in [0.1, 0.15) is 0 Å². The number of rotatable bonds is 4. The lowest BCUT2D eigenvalue weighted by atomic mass is 10.1. The molecule has 0 atom stereocenters. The fourth-order valence-electron chi connectivity index (χ4n) is 3.07. The maximum absolute atomic E-state index is 12.4. The summed E-state index contributed by atoms with van der Waals surface area (Å²) in [5, 5.41) is 2.88. The minimum atomic E-state index is -0.391. The molecule has 0 spiro atoms. The second kappa shape index (κ2) is 8.68. The number of carbonyl (C=O) groups is 2. The van der Waals surface area contributed by atoms with Crippen LogP contribution in [0.15, 0.2) is 48.5 Å². The van der Waals surface area contributed by atoms with Gasteiger partial charge in [0.05, 0.1) is 12.7 Å². The van der Waals surface area contributed by atoms with E-state index in [4.69, 9.17) is 0 Å². The number of methoxy groups -OCH3 is 1. The molecule has 3 rings (SSSR count). The van der Waals surface area contributed by atoms with Crippen molar-refractivity contribution >= 4 is 17.7 Å². The van der Waals surface area contributed by atoms with Crippen LogP contribution in [0.1, 0.15) is 21.5 Å². The predicted octanol–water partition coefficient (Wildman–Crippen LogP) is 3.13. The Balaban J connectivity index is 1.48. The van der Waals surface area contributed by atoms with Crippen LogP contribution in [0.5, 0.6) is 0 Å². The first-order valence-electron chi connectivity index (χ1n) is 9.07. The summed E-state index contributed by atoms with van der Waals surface area (Å²) in [6.45, 7) is 6.08. The monoisotopic (exact) mass is 367 g/mol. The molecule has 1 heterocycles. The van der Waals surface area contributed by atoms with E-state index in [0.717, 1.165) is 19.6 Å². The summed E-state index contributed by atoms with van der Waals surface area (Å²) in [7, 11) is 1.34. The number of benzene rings is 2. The first kappa shape index (κ1) is 18.9. The van der Waals surface area contributed by atoms with Crippen molar-refractivity contribution in [3.05, 3.63) is 65.2 Å². The van der Waals surface area contributed by atoms with E-state index in [1.165, 1.54) is 18.2 Å². The van der Waals surface area contributed by atoms with Gasteiger partial charge in [-0.05, 0) is 36.8 Å². The number of nitrogens with one attached hydrogen (secondary N) is 1. The van der Waals surface area contributed by atoms with Crippen molar-refractivity contribution in [3.63, 3.8) is 0 Å². The SMILES string of the molecule is COC(=O)c1ccc(NC(=O)N2CCN(Cc3ccc(C)cc3)CC2)cc1. The average Bonchev–Trinajstić information content (AvgIpc) is 2.70. The Labute approximate surface area is 159 Å². The Kier molecular flexibility index (Phi) is 6.08. The Bertz CT molecular complexity index is 779. The first-order valence-corrected chi connectivity index (χ1v) is 9.07. The third-order valence-electron chi connectivity index (χ3n) is 4.74. The molecular formula is C21H25N3O3. The molecular weight excluding hydrogens is 342 g/mol. The number of anilines is 1. The van der Waals surface area contributed by atoms with Gasteiger partial charge in [-0.2, -0.15) is 0 Å². The topological polar surface area (TPSA) is 61.9 Å². The number of nitrogens with zero attached hydrogens (tertiary/aromatic N) is 2. The van der Waals surface area contributed by atoms with Gasteiger partial charge < -0.3 is 15.0 Å². The number of ether oxygens (including phenoxy) is 1. The van der Waals surface area contributed by atoms with E-state index in [2.05, 4.69) is 46.1 Å². The van der Waals surface area contributed by atoms with Crippen LogP contribution in [0.4, 0.5) is 10.5 Å². The summed E-state index contributed by atoms with van der Waals surface area (Å²) in [6, 6.07) is 15.2. The van der Waals surface area contributed by atoms with Crippen LogP contribution >= 0.6 is 0 Å². The van der Waals surface area contributed by atoms with E-state index in [9.17, 15) is 9.59 Å². The number of amides is 2. The van der Waals surface area contributed by atoms with Gasteiger partial charge in [0.2, 0.25) is 0 Å². The van der Waals surface area contributed by atoms with E-state index in [1.54, 1.807) is 24.3 Å². The number of hydrogen-bond donors (Lipinski definition) is 1. The fraction of sp³-hybridized carbons (Fsp3) is 0.333. The maximum atomic E-state index is 12.4. The lowest BCUT2D eigenvalue weighted by Crippen LogP contribution is -2.49. The van der Waals surface area contributed by atoms with Crippen LogP contribution in [0.2, 0.25) is 0 Å². The van der Waals surface area contributed by atoms with Crippen LogP contribution in [0.25, 0.3) is 0 Å². The minimum Gasteiger partial charge on any atom is -0.465 e. The molecule has 6 heteroatoms. The summed E-state index contributed by atoms with van der Waals surface area (Å²) in [6.07, 6.45) is 0. The van der Waals surface area contributed by atoms with Gasteiger partial charge in [-0.1, -0.05) is 29.8 Å². The summed E-state index contributed by atoms with van der Waals surface area (Å²) < 4.78 is 4.67. The number of urea groups is 1. The van der Waals surface area contributed by atoms with Crippen molar-refractivity contribution in [2.24, 2.45) is 0 Å². The number of hydrogen-bond acceptors (Lipinski definition) is 4. The maximum Gasteiger partial charge on any atom is 0.337 e. The van der Waals surface area contributed by atoms with Gasteiger partial charge in [0, 0.05) is 38.4 Å². The highest BCUT2D eigenvalue weighted by atomic mass is 16.5. The van der Waals surface area contributed by atoms with E-state index < -0.39 is 5.97 Å². The van der Waals surface area contributed by atoms with Gasteiger partial charge in [-0.15, -0.1) is 0 Å².